The summed E-state index contributed by atoms with van der Waals surface area (Å²) in [4.78, 5) is 10.3. The molecule has 0 atom stereocenters. The van der Waals surface area contributed by atoms with Gasteiger partial charge in [0.15, 0.2) is 5.75 Å². The number of ether oxygens (including phenoxy) is 1. The smallest absolute Gasteiger partial charge is 0.312 e. The fourth-order valence-corrected chi connectivity index (χ4v) is 1.69. The van der Waals surface area contributed by atoms with Crippen molar-refractivity contribution in [2.24, 2.45) is 5.73 Å². The van der Waals surface area contributed by atoms with Crippen LogP contribution in [0.3, 0.4) is 0 Å². The molecular weight excluding hydrogens is 293 g/mol. The van der Waals surface area contributed by atoms with Crippen LogP contribution < -0.4 is 10.5 Å². The Kier molecular flexibility index (Phi) is 5.85. The highest BCUT2D eigenvalue weighted by atomic mass is 35.5. The van der Waals surface area contributed by atoms with Gasteiger partial charge in [0, 0.05) is 18.6 Å². The normalized spacial score (nSPS) is 10.2. The number of nitrogens with zero attached hydrogens (tertiary/aromatic N) is 1. The first-order chi connectivity index (χ1) is 8.91. The van der Waals surface area contributed by atoms with Crippen molar-refractivity contribution < 1.29 is 9.66 Å². The van der Waals surface area contributed by atoms with Crippen molar-refractivity contribution in [1.29, 1.82) is 5.41 Å². The van der Waals surface area contributed by atoms with Crippen molar-refractivity contribution in [3.63, 3.8) is 0 Å². The average molecular weight is 306 g/mol. The molecule has 8 heteroatoms. The maximum Gasteiger partial charge on any atom is 0.312 e. The molecule has 0 aliphatic carbocycles. The van der Waals surface area contributed by atoms with Crippen LogP contribution in [0.2, 0.25) is 10.0 Å². The monoisotopic (exact) mass is 305 g/mol. The van der Waals surface area contributed by atoms with E-state index in [0.29, 0.717) is 19.3 Å². The van der Waals surface area contributed by atoms with Crippen LogP contribution in [0.25, 0.3) is 0 Å². The van der Waals surface area contributed by atoms with Gasteiger partial charge in [0.25, 0.3) is 0 Å². The van der Waals surface area contributed by atoms with Gasteiger partial charge >= 0.3 is 5.69 Å². The zero-order valence-electron chi connectivity index (χ0n) is 9.99. The summed E-state index contributed by atoms with van der Waals surface area (Å²) in [5, 5.41) is 18.2. The number of rotatable bonds is 7. The van der Waals surface area contributed by atoms with Crippen LogP contribution >= 0.6 is 23.2 Å². The molecule has 0 fully saturated rings. The number of nitro benzene ring substituents is 1. The summed E-state index contributed by atoms with van der Waals surface area (Å²) in [6.45, 7) is 0.284. The second kappa shape index (κ2) is 7.16. The Morgan fingerprint density at radius 2 is 2.00 bits per heavy atom. The molecule has 0 aliphatic heterocycles. The van der Waals surface area contributed by atoms with Crippen molar-refractivity contribution >= 4 is 34.7 Å². The molecule has 104 valence electrons. The first-order valence-electron chi connectivity index (χ1n) is 5.51. The Bertz CT molecular complexity index is 494. The molecule has 0 radical (unpaired) electrons. The highest BCUT2D eigenvalue weighted by Gasteiger charge is 2.18. The van der Waals surface area contributed by atoms with Crippen molar-refractivity contribution in [3.8, 4) is 5.75 Å². The lowest BCUT2D eigenvalue weighted by atomic mass is 10.2. The lowest BCUT2D eigenvalue weighted by molar-refractivity contribution is -0.385. The molecule has 1 aromatic rings. The molecule has 1 aromatic carbocycles. The van der Waals surface area contributed by atoms with E-state index in [1.165, 1.54) is 6.07 Å². The average Bonchev–Trinajstić information content (AvgIpc) is 2.32. The number of benzene rings is 1. The van der Waals surface area contributed by atoms with Gasteiger partial charge in [0.2, 0.25) is 0 Å². The first kappa shape index (κ1) is 15.5. The quantitative estimate of drug-likeness (QED) is 0.265. The number of nitrogens with two attached hydrogens (primary N) is 1. The standard InChI is InChI=1S/C11H13Cl2N3O3/c12-7-5-9(16(17)18)10(6-8(7)13)19-4-2-1-3-11(14)15/h5-6H,1-4H2,(H3,14,15). The van der Waals surface area contributed by atoms with E-state index < -0.39 is 4.92 Å². The summed E-state index contributed by atoms with van der Waals surface area (Å²) in [5.41, 5.74) is 4.99. The number of unbranched alkanes of at least 4 members (excludes halogenated alkanes) is 1. The lowest BCUT2D eigenvalue weighted by Gasteiger charge is -2.07. The molecular formula is C11H13Cl2N3O3. The fraction of sp³-hybridized carbons (Fsp3) is 0.364. The summed E-state index contributed by atoms with van der Waals surface area (Å²) >= 11 is 11.5. The highest BCUT2D eigenvalue weighted by molar-refractivity contribution is 6.42. The van der Waals surface area contributed by atoms with Crippen LogP contribution in [0, 0.1) is 15.5 Å². The lowest BCUT2D eigenvalue weighted by Crippen LogP contribution is -2.09. The minimum atomic E-state index is -0.576. The molecule has 1 rings (SSSR count). The fourth-order valence-electron chi connectivity index (χ4n) is 1.38. The van der Waals surface area contributed by atoms with Crippen LogP contribution in [-0.4, -0.2) is 17.4 Å². The third kappa shape index (κ3) is 4.92. The van der Waals surface area contributed by atoms with Gasteiger partial charge in [-0.3, -0.25) is 15.5 Å². The minimum absolute atomic E-state index is 0.0854. The summed E-state index contributed by atoms with van der Waals surface area (Å²) in [7, 11) is 0. The van der Waals surface area contributed by atoms with E-state index in [1.807, 2.05) is 0 Å². The summed E-state index contributed by atoms with van der Waals surface area (Å²) in [5.74, 6) is 0.197. The van der Waals surface area contributed by atoms with Gasteiger partial charge in [-0.1, -0.05) is 23.2 Å². The molecule has 0 spiro atoms. The molecule has 0 heterocycles. The molecule has 0 saturated carbocycles. The van der Waals surface area contributed by atoms with E-state index in [9.17, 15) is 10.1 Å². The zero-order chi connectivity index (χ0) is 14.4. The molecule has 0 aromatic heterocycles. The Labute approximate surface area is 120 Å². The number of hydrogen-bond acceptors (Lipinski definition) is 4. The molecule has 6 nitrogen and oxygen atoms in total. The summed E-state index contributed by atoms with van der Waals surface area (Å²) in [6, 6.07) is 2.49. The number of nitrogens with one attached hydrogen (secondary N) is 1. The van der Waals surface area contributed by atoms with E-state index in [2.05, 4.69) is 0 Å². The predicted molar refractivity (Wildman–Crippen MR) is 74.4 cm³/mol. The molecule has 0 unspecified atom stereocenters. The van der Waals surface area contributed by atoms with Gasteiger partial charge in [0.1, 0.15) is 0 Å². The van der Waals surface area contributed by atoms with Crippen LogP contribution in [0.1, 0.15) is 19.3 Å². The van der Waals surface area contributed by atoms with Gasteiger partial charge in [0.05, 0.1) is 27.4 Å². The highest BCUT2D eigenvalue weighted by Crippen LogP contribution is 2.35. The second-order valence-electron chi connectivity index (χ2n) is 3.82. The molecule has 0 saturated heterocycles. The van der Waals surface area contributed by atoms with Crippen molar-refractivity contribution in [2.75, 3.05) is 6.61 Å². The third-order valence-corrected chi connectivity index (χ3v) is 3.02. The Morgan fingerprint density at radius 3 is 2.58 bits per heavy atom. The van der Waals surface area contributed by atoms with Crippen LogP contribution in [0.5, 0.6) is 5.75 Å². The topological polar surface area (TPSA) is 102 Å². The Morgan fingerprint density at radius 1 is 1.37 bits per heavy atom. The Balaban J connectivity index is 2.64. The SMILES string of the molecule is N=C(N)CCCCOc1cc(Cl)c(Cl)cc1[N+](=O)[O-]. The number of amidine groups is 1. The number of halogens is 2. The van der Waals surface area contributed by atoms with E-state index in [-0.39, 0.29) is 33.9 Å². The molecule has 0 bridgehead atoms. The first-order valence-corrected chi connectivity index (χ1v) is 6.26. The zero-order valence-corrected chi connectivity index (χ0v) is 11.5. The van der Waals surface area contributed by atoms with E-state index in [1.54, 1.807) is 0 Å². The van der Waals surface area contributed by atoms with E-state index in [4.69, 9.17) is 39.1 Å². The van der Waals surface area contributed by atoms with Crippen molar-refractivity contribution in [3.05, 3.63) is 32.3 Å². The van der Waals surface area contributed by atoms with E-state index in [0.717, 1.165) is 6.07 Å². The maximum atomic E-state index is 10.8. The van der Waals surface area contributed by atoms with Gasteiger partial charge < -0.3 is 10.5 Å². The van der Waals surface area contributed by atoms with Crippen LogP contribution in [0.15, 0.2) is 12.1 Å². The molecule has 0 aliphatic rings. The maximum absolute atomic E-state index is 10.8. The van der Waals surface area contributed by atoms with Crippen molar-refractivity contribution in [1.82, 2.24) is 0 Å². The predicted octanol–water partition coefficient (Wildman–Crippen LogP) is 3.39. The van der Waals surface area contributed by atoms with Crippen molar-refractivity contribution in [2.45, 2.75) is 19.3 Å². The van der Waals surface area contributed by atoms with Gasteiger partial charge in [-0.2, -0.15) is 0 Å². The molecule has 0 amide bonds. The largest absolute Gasteiger partial charge is 0.487 e. The van der Waals surface area contributed by atoms with Crippen LogP contribution in [-0.2, 0) is 0 Å². The number of nitro groups is 1. The summed E-state index contributed by atoms with van der Waals surface area (Å²) in [6.07, 6.45) is 1.80. The Hall–Kier alpha value is -1.53. The van der Waals surface area contributed by atoms with Gasteiger partial charge in [-0.15, -0.1) is 0 Å². The number of hydrogen-bond donors (Lipinski definition) is 2. The summed E-state index contributed by atoms with van der Waals surface area (Å²) < 4.78 is 5.32. The van der Waals surface area contributed by atoms with Gasteiger partial charge in [-0.05, 0) is 12.8 Å². The van der Waals surface area contributed by atoms with Crippen LogP contribution in [0.4, 0.5) is 5.69 Å². The molecule has 19 heavy (non-hydrogen) atoms. The third-order valence-electron chi connectivity index (χ3n) is 2.30. The molecule has 3 N–H and O–H groups in total. The minimum Gasteiger partial charge on any atom is -0.487 e. The van der Waals surface area contributed by atoms with Gasteiger partial charge in [-0.25, -0.2) is 0 Å². The second-order valence-corrected chi connectivity index (χ2v) is 4.64. The van der Waals surface area contributed by atoms with E-state index >= 15 is 0 Å².